The zero-order chi connectivity index (χ0) is 26.7. The predicted molar refractivity (Wildman–Crippen MR) is 145 cm³/mol. The lowest BCUT2D eigenvalue weighted by Gasteiger charge is -2.20. The molecular weight excluding hydrogens is 452 g/mol. The minimum atomic E-state index is -0.486. The Labute approximate surface area is 213 Å². The lowest BCUT2D eigenvalue weighted by Crippen LogP contribution is -2.18. The first-order valence-electron chi connectivity index (χ1n) is 12.1. The van der Waals surface area contributed by atoms with E-state index in [0.29, 0.717) is 35.3 Å². The zero-order valence-electron chi connectivity index (χ0n) is 21.9. The number of phenols is 2. The van der Waals surface area contributed by atoms with Crippen LogP contribution in [-0.2, 0) is 12.8 Å². The van der Waals surface area contributed by atoms with E-state index in [4.69, 9.17) is 0 Å². The predicted octanol–water partition coefficient (Wildman–Crippen LogP) is 6.78. The number of para-hydroxylation sites is 4. The van der Waals surface area contributed by atoms with Gasteiger partial charge in [0.25, 0.3) is 11.8 Å². The van der Waals surface area contributed by atoms with Crippen molar-refractivity contribution in [2.24, 2.45) is 10.8 Å². The van der Waals surface area contributed by atoms with Gasteiger partial charge in [0, 0.05) is 0 Å². The van der Waals surface area contributed by atoms with E-state index in [1.54, 1.807) is 48.5 Å². The summed E-state index contributed by atoms with van der Waals surface area (Å²) in [5.74, 6) is -1.07. The molecule has 0 fully saturated rings. The highest BCUT2D eigenvalue weighted by molar-refractivity contribution is 6.11. The van der Waals surface area contributed by atoms with Gasteiger partial charge in [0.2, 0.25) is 0 Å². The molecule has 0 aliphatic heterocycles. The summed E-state index contributed by atoms with van der Waals surface area (Å²) in [6, 6.07) is 17.1. The maximum absolute atomic E-state index is 13.1. The maximum atomic E-state index is 13.1. The van der Waals surface area contributed by atoms with Crippen LogP contribution in [0.15, 0.2) is 60.7 Å². The van der Waals surface area contributed by atoms with Crippen LogP contribution in [0.4, 0.5) is 11.4 Å². The molecule has 0 bridgehead atoms. The lowest BCUT2D eigenvalue weighted by atomic mass is 9.87. The van der Waals surface area contributed by atoms with Crippen molar-refractivity contribution in [3.8, 4) is 11.5 Å². The minimum Gasteiger partial charge on any atom is -0.507 e. The van der Waals surface area contributed by atoms with Gasteiger partial charge in [-0.3, -0.25) is 9.59 Å². The molecular formula is C30H36N2O4. The lowest BCUT2D eigenvalue weighted by molar-refractivity contribution is 0.101. The summed E-state index contributed by atoms with van der Waals surface area (Å²) >= 11 is 0. The van der Waals surface area contributed by atoms with Crippen LogP contribution in [0.1, 0.15) is 73.4 Å². The molecule has 3 aromatic carbocycles. The monoisotopic (exact) mass is 488 g/mol. The molecule has 6 nitrogen and oxygen atoms in total. The summed E-state index contributed by atoms with van der Waals surface area (Å²) in [5, 5.41) is 27.1. The van der Waals surface area contributed by atoms with E-state index in [2.05, 4.69) is 52.2 Å². The summed E-state index contributed by atoms with van der Waals surface area (Å²) in [4.78, 5) is 26.1. The highest BCUT2D eigenvalue weighted by Gasteiger charge is 2.22. The third-order valence-corrected chi connectivity index (χ3v) is 5.59. The fraction of sp³-hybridized carbons (Fsp3) is 0.333. The van der Waals surface area contributed by atoms with Crippen LogP contribution >= 0.6 is 0 Å². The Balaban J connectivity index is 1.83. The fourth-order valence-corrected chi connectivity index (χ4v) is 4.06. The van der Waals surface area contributed by atoms with Gasteiger partial charge in [-0.25, -0.2) is 0 Å². The van der Waals surface area contributed by atoms with Crippen LogP contribution in [0, 0.1) is 10.8 Å². The molecule has 0 unspecified atom stereocenters. The molecule has 0 radical (unpaired) electrons. The van der Waals surface area contributed by atoms with E-state index in [0.717, 1.165) is 0 Å². The molecule has 36 heavy (non-hydrogen) atoms. The molecule has 0 aliphatic rings. The number of hydrogen-bond acceptors (Lipinski definition) is 4. The number of amides is 2. The van der Waals surface area contributed by atoms with E-state index in [-0.39, 0.29) is 33.5 Å². The average Bonchev–Trinajstić information content (AvgIpc) is 2.76. The second-order valence-corrected chi connectivity index (χ2v) is 11.6. The molecule has 0 atom stereocenters. The van der Waals surface area contributed by atoms with Crippen LogP contribution in [0.5, 0.6) is 11.5 Å². The van der Waals surface area contributed by atoms with Crippen LogP contribution in [0.3, 0.4) is 0 Å². The number of nitrogens with one attached hydrogen (secondary N) is 2. The number of carbonyl (C=O) groups excluding carboxylic acids is 2. The Morgan fingerprint density at radius 3 is 1.31 bits per heavy atom. The van der Waals surface area contributed by atoms with Crippen LogP contribution in [0.2, 0.25) is 0 Å². The zero-order valence-corrected chi connectivity index (χ0v) is 21.9. The van der Waals surface area contributed by atoms with E-state index < -0.39 is 11.8 Å². The molecule has 190 valence electrons. The molecule has 4 N–H and O–H groups in total. The largest absolute Gasteiger partial charge is 0.507 e. The van der Waals surface area contributed by atoms with Crippen molar-refractivity contribution in [3.05, 3.63) is 82.9 Å². The first kappa shape index (κ1) is 26.8. The molecule has 0 spiro atoms. The van der Waals surface area contributed by atoms with Crippen LogP contribution < -0.4 is 10.6 Å². The number of hydrogen-bond donors (Lipinski definition) is 4. The van der Waals surface area contributed by atoms with Gasteiger partial charge < -0.3 is 20.8 Å². The number of phenolic OH excluding ortho intramolecular Hbond substituents is 2. The Bertz CT molecular complexity index is 1170. The van der Waals surface area contributed by atoms with Crippen molar-refractivity contribution in [2.75, 3.05) is 10.6 Å². The van der Waals surface area contributed by atoms with Gasteiger partial charge in [-0.2, -0.15) is 0 Å². The van der Waals surface area contributed by atoms with Gasteiger partial charge in [-0.15, -0.1) is 0 Å². The maximum Gasteiger partial charge on any atom is 0.259 e. The third-order valence-electron chi connectivity index (χ3n) is 5.59. The molecule has 0 saturated carbocycles. The molecule has 0 aliphatic carbocycles. The van der Waals surface area contributed by atoms with Crippen LogP contribution in [-0.4, -0.2) is 22.0 Å². The number of aromatic hydroxyl groups is 2. The fourth-order valence-electron chi connectivity index (χ4n) is 4.06. The summed E-state index contributed by atoms with van der Waals surface area (Å²) in [5.41, 5.74) is 2.35. The Morgan fingerprint density at radius 1 is 0.611 bits per heavy atom. The molecule has 2 amide bonds. The second kappa shape index (κ2) is 10.4. The van der Waals surface area contributed by atoms with Crippen molar-refractivity contribution in [3.63, 3.8) is 0 Å². The van der Waals surface area contributed by atoms with Gasteiger partial charge in [0.1, 0.15) is 11.5 Å². The van der Waals surface area contributed by atoms with Gasteiger partial charge in [0.15, 0.2) is 0 Å². The normalized spacial score (nSPS) is 11.7. The van der Waals surface area contributed by atoms with Crippen LogP contribution in [0.25, 0.3) is 0 Å². The summed E-state index contributed by atoms with van der Waals surface area (Å²) < 4.78 is 0. The molecule has 3 rings (SSSR count). The number of carbonyl (C=O) groups is 2. The quantitative estimate of drug-likeness (QED) is 0.307. The van der Waals surface area contributed by atoms with Crippen molar-refractivity contribution in [2.45, 2.75) is 54.4 Å². The molecule has 0 heterocycles. The molecule has 6 heteroatoms. The topological polar surface area (TPSA) is 98.7 Å². The van der Waals surface area contributed by atoms with Crippen molar-refractivity contribution < 1.29 is 19.8 Å². The Hall–Kier alpha value is -3.80. The standard InChI is InChI=1S/C30H36N2O4/c1-29(2,3)17-19-11-9-13-21(25(19)33)27(35)31-23-15-7-8-16-24(23)32-28(36)22-14-10-12-20(26(22)34)18-30(4,5)6/h7-16,33-34H,17-18H2,1-6H3,(H,31,35)(H,32,36). The minimum absolute atomic E-state index is 0.0490. The van der Waals surface area contributed by atoms with E-state index in [1.807, 2.05) is 12.1 Å². The second-order valence-electron chi connectivity index (χ2n) is 11.6. The van der Waals surface area contributed by atoms with Gasteiger partial charge in [0.05, 0.1) is 22.5 Å². The number of benzene rings is 3. The molecule has 0 aromatic heterocycles. The highest BCUT2D eigenvalue weighted by Crippen LogP contribution is 2.32. The summed E-state index contributed by atoms with van der Waals surface area (Å²) in [7, 11) is 0. The third kappa shape index (κ3) is 6.87. The van der Waals surface area contributed by atoms with Gasteiger partial charge in [-0.05, 0) is 59.1 Å². The molecule has 0 saturated heterocycles. The van der Waals surface area contributed by atoms with E-state index in [9.17, 15) is 19.8 Å². The molecule has 3 aromatic rings. The summed E-state index contributed by atoms with van der Waals surface area (Å²) in [6.07, 6.45) is 1.23. The van der Waals surface area contributed by atoms with Gasteiger partial charge in [-0.1, -0.05) is 77.9 Å². The Morgan fingerprint density at radius 2 is 0.972 bits per heavy atom. The Kier molecular flexibility index (Phi) is 7.77. The van der Waals surface area contributed by atoms with Crippen molar-refractivity contribution >= 4 is 23.2 Å². The number of rotatable bonds is 6. The average molecular weight is 489 g/mol. The number of anilines is 2. The van der Waals surface area contributed by atoms with Gasteiger partial charge >= 0.3 is 0 Å². The van der Waals surface area contributed by atoms with E-state index >= 15 is 0 Å². The smallest absolute Gasteiger partial charge is 0.259 e. The van der Waals surface area contributed by atoms with Crippen molar-refractivity contribution in [1.82, 2.24) is 0 Å². The van der Waals surface area contributed by atoms with Crippen molar-refractivity contribution in [1.29, 1.82) is 0 Å². The SMILES string of the molecule is CC(C)(C)Cc1cccc(C(=O)Nc2ccccc2NC(=O)c2cccc(CC(C)(C)C)c2O)c1O. The first-order valence-corrected chi connectivity index (χ1v) is 12.1. The summed E-state index contributed by atoms with van der Waals surface area (Å²) in [6.45, 7) is 12.4. The first-order chi connectivity index (χ1) is 16.7. The highest BCUT2D eigenvalue weighted by atomic mass is 16.3. The van der Waals surface area contributed by atoms with E-state index in [1.165, 1.54) is 0 Å².